The van der Waals surface area contributed by atoms with Crippen LogP contribution in [0.2, 0.25) is 0 Å². The molecule has 0 spiro atoms. The minimum atomic E-state index is 0.245. The third-order valence-electron chi connectivity index (χ3n) is 6.53. The Bertz CT molecular complexity index is 763. The van der Waals surface area contributed by atoms with Crippen molar-refractivity contribution in [1.82, 2.24) is 15.5 Å². The first-order valence-electron chi connectivity index (χ1n) is 9.78. The van der Waals surface area contributed by atoms with Gasteiger partial charge in [0.05, 0.1) is 5.69 Å². The van der Waals surface area contributed by atoms with Crippen LogP contribution in [0.5, 0.6) is 0 Å². The predicted molar refractivity (Wildman–Crippen MR) is 104 cm³/mol. The van der Waals surface area contributed by atoms with Crippen molar-refractivity contribution >= 4 is 0 Å². The lowest BCUT2D eigenvalue weighted by molar-refractivity contribution is 0.332. The first-order chi connectivity index (χ1) is 11.9. The van der Waals surface area contributed by atoms with Gasteiger partial charge in [-0.1, -0.05) is 39.8 Å². The van der Waals surface area contributed by atoms with E-state index in [0.717, 1.165) is 18.8 Å². The number of hydrogen-bond acceptors (Lipinski definition) is 2. The van der Waals surface area contributed by atoms with Crippen LogP contribution in [0.3, 0.4) is 0 Å². The average Bonchev–Trinajstić information content (AvgIpc) is 3.10. The third kappa shape index (κ3) is 3.03. The molecule has 3 nitrogen and oxygen atoms in total. The van der Waals surface area contributed by atoms with E-state index in [0.29, 0.717) is 5.92 Å². The minimum Gasteiger partial charge on any atom is -0.317 e. The van der Waals surface area contributed by atoms with Crippen molar-refractivity contribution in [1.29, 1.82) is 0 Å². The Hall–Kier alpha value is -1.61. The number of H-pyrrole nitrogens is 1. The highest BCUT2D eigenvalue weighted by Crippen LogP contribution is 2.46. The maximum Gasteiger partial charge on any atom is 0.0923 e. The predicted octanol–water partition coefficient (Wildman–Crippen LogP) is 4.89. The molecule has 1 aromatic carbocycles. The second-order valence-corrected chi connectivity index (χ2v) is 9.26. The summed E-state index contributed by atoms with van der Waals surface area (Å²) in [7, 11) is 0. The number of nitrogens with one attached hydrogen (secondary N) is 2. The van der Waals surface area contributed by atoms with Crippen molar-refractivity contribution in [2.45, 2.75) is 70.1 Å². The van der Waals surface area contributed by atoms with Crippen LogP contribution in [0.1, 0.15) is 76.1 Å². The van der Waals surface area contributed by atoms with Gasteiger partial charge in [0.25, 0.3) is 0 Å². The topological polar surface area (TPSA) is 40.7 Å². The smallest absolute Gasteiger partial charge is 0.0923 e. The van der Waals surface area contributed by atoms with E-state index in [1.54, 1.807) is 0 Å². The van der Waals surface area contributed by atoms with Crippen LogP contribution >= 0.6 is 0 Å². The molecule has 2 aliphatic rings. The highest BCUT2D eigenvalue weighted by atomic mass is 15.1. The normalized spacial score (nSPS) is 22.6. The highest BCUT2D eigenvalue weighted by molar-refractivity contribution is 5.63. The molecule has 0 atom stereocenters. The Morgan fingerprint density at radius 2 is 1.60 bits per heavy atom. The third-order valence-corrected chi connectivity index (χ3v) is 6.53. The Balaban J connectivity index is 1.69. The number of rotatable bonds is 2. The molecule has 1 saturated heterocycles. The zero-order valence-corrected chi connectivity index (χ0v) is 16.1. The Morgan fingerprint density at radius 1 is 0.920 bits per heavy atom. The van der Waals surface area contributed by atoms with E-state index in [-0.39, 0.29) is 10.8 Å². The highest BCUT2D eigenvalue weighted by Gasteiger charge is 2.37. The molecule has 134 valence electrons. The summed E-state index contributed by atoms with van der Waals surface area (Å²) in [4.78, 5) is 0. The fraction of sp³-hybridized carbons (Fsp3) is 0.591. The van der Waals surface area contributed by atoms with E-state index >= 15 is 0 Å². The molecule has 0 saturated carbocycles. The summed E-state index contributed by atoms with van der Waals surface area (Å²) >= 11 is 0. The quantitative estimate of drug-likeness (QED) is 0.819. The zero-order chi connectivity index (χ0) is 17.7. The van der Waals surface area contributed by atoms with Crippen molar-refractivity contribution in [3.63, 3.8) is 0 Å². The summed E-state index contributed by atoms with van der Waals surface area (Å²) in [5.74, 6) is 0.621. The SMILES string of the molecule is CC1(C)CCC(C)(C)c2cc(-c3cc(C4CCNCC4)[nH]n3)ccc21. The van der Waals surface area contributed by atoms with Gasteiger partial charge >= 0.3 is 0 Å². The lowest BCUT2D eigenvalue weighted by atomic mass is 9.63. The van der Waals surface area contributed by atoms with E-state index in [9.17, 15) is 0 Å². The van der Waals surface area contributed by atoms with Crippen LogP contribution in [0.15, 0.2) is 24.3 Å². The monoisotopic (exact) mass is 337 g/mol. The molecule has 2 N–H and O–H groups in total. The minimum absolute atomic E-state index is 0.245. The van der Waals surface area contributed by atoms with E-state index in [1.807, 2.05) is 0 Å². The number of fused-ring (bicyclic) bond motifs is 1. The number of piperidine rings is 1. The van der Waals surface area contributed by atoms with Crippen molar-refractivity contribution in [3.8, 4) is 11.3 Å². The molecular formula is C22H31N3. The van der Waals surface area contributed by atoms with E-state index in [2.05, 4.69) is 67.5 Å². The zero-order valence-electron chi connectivity index (χ0n) is 16.1. The summed E-state index contributed by atoms with van der Waals surface area (Å²) in [6, 6.07) is 9.30. The molecule has 1 aliphatic heterocycles. The van der Waals surface area contributed by atoms with Crippen LogP contribution in [0.4, 0.5) is 0 Å². The van der Waals surface area contributed by atoms with Crippen LogP contribution in [-0.4, -0.2) is 23.3 Å². The summed E-state index contributed by atoms with van der Waals surface area (Å²) in [5, 5.41) is 11.4. The Morgan fingerprint density at radius 3 is 2.32 bits per heavy atom. The molecule has 0 radical (unpaired) electrons. The van der Waals surface area contributed by atoms with Crippen LogP contribution in [0, 0.1) is 0 Å². The van der Waals surface area contributed by atoms with Crippen LogP contribution in [0.25, 0.3) is 11.3 Å². The first kappa shape index (κ1) is 16.8. The Kier molecular flexibility index (Phi) is 4.03. The standard InChI is InChI=1S/C22H31N3/c1-21(2)9-10-22(3,4)18-13-16(5-6-17(18)21)20-14-19(24-25-20)15-7-11-23-12-8-15/h5-6,13-15,23H,7-12H2,1-4H3,(H,24,25). The fourth-order valence-electron chi connectivity index (χ4n) is 4.57. The summed E-state index contributed by atoms with van der Waals surface area (Å²) in [6.45, 7) is 11.8. The van der Waals surface area contributed by atoms with Gasteiger partial charge in [-0.25, -0.2) is 0 Å². The van der Waals surface area contributed by atoms with Gasteiger partial charge < -0.3 is 5.32 Å². The number of aromatic amines is 1. The van der Waals surface area contributed by atoms with Crippen molar-refractivity contribution in [2.75, 3.05) is 13.1 Å². The Labute approximate surface area is 151 Å². The number of nitrogens with zero attached hydrogens (tertiary/aromatic N) is 1. The fourth-order valence-corrected chi connectivity index (χ4v) is 4.57. The molecule has 1 fully saturated rings. The second-order valence-electron chi connectivity index (χ2n) is 9.26. The molecule has 25 heavy (non-hydrogen) atoms. The van der Waals surface area contributed by atoms with E-state index < -0.39 is 0 Å². The lowest BCUT2D eigenvalue weighted by Crippen LogP contribution is -2.33. The van der Waals surface area contributed by atoms with Gasteiger partial charge in [0.15, 0.2) is 0 Å². The van der Waals surface area contributed by atoms with Gasteiger partial charge in [-0.05, 0) is 72.9 Å². The van der Waals surface area contributed by atoms with Crippen molar-refractivity contribution in [2.24, 2.45) is 0 Å². The molecule has 1 aromatic heterocycles. The molecule has 0 bridgehead atoms. The van der Waals surface area contributed by atoms with Crippen molar-refractivity contribution in [3.05, 3.63) is 41.1 Å². The van der Waals surface area contributed by atoms with E-state index in [1.165, 1.54) is 48.1 Å². The lowest BCUT2D eigenvalue weighted by Gasteiger charge is -2.42. The van der Waals surface area contributed by atoms with Gasteiger partial charge in [-0.15, -0.1) is 0 Å². The molecule has 2 aromatic rings. The summed E-state index contributed by atoms with van der Waals surface area (Å²) in [5.41, 5.74) is 7.18. The van der Waals surface area contributed by atoms with Gasteiger partial charge in [-0.2, -0.15) is 5.10 Å². The largest absolute Gasteiger partial charge is 0.317 e. The molecular weight excluding hydrogens is 306 g/mol. The van der Waals surface area contributed by atoms with E-state index in [4.69, 9.17) is 0 Å². The second kappa shape index (κ2) is 5.98. The summed E-state index contributed by atoms with van der Waals surface area (Å²) < 4.78 is 0. The number of benzene rings is 1. The molecule has 1 aliphatic carbocycles. The first-order valence-corrected chi connectivity index (χ1v) is 9.78. The van der Waals surface area contributed by atoms with Crippen molar-refractivity contribution < 1.29 is 0 Å². The van der Waals surface area contributed by atoms with Gasteiger partial charge in [0.2, 0.25) is 0 Å². The van der Waals surface area contributed by atoms with Gasteiger partial charge in [0, 0.05) is 17.2 Å². The van der Waals surface area contributed by atoms with Gasteiger partial charge in [0.1, 0.15) is 0 Å². The van der Waals surface area contributed by atoms with Gasteiger partial charge in [-0.3, -0.25) is 5.10 Å². The molecule has 0 unspecified atom stereocenters. The molecule has 4 rings (SSSR count). The van der Waals surface area contributed by atoms with Crippen LogP contribution in [-0.2, 0) is 10.8 Å². The molecule has 0 amide bonds. The average molecular weight is 338 g/mol. The van der Waals surface area contributed by atoms with Crippen LogP contribution < -0.4 is 5.32 Å². The molecule has 2 heterocycles. The maximum absolute atomic E-state index is 4.65. The number of hydrogen-bond donors (Lipinski definition) is 2. The summed E-state index contributed by atoms with van der Waals surface area (Å²) in [6.07, 6.45) is 4.91. The molecule has 3 heteroatoms. The number of aromatic nitrogens is 2. The maximum atomic E-state index is 4.65.